The van der Waals surface area contributed by atoms with Crippen LogP contribution in [0.5, 0.6) is 0 Å². The Bertz CT molecular complexity index is 1240. The highest BCUT2D eigenvalue weighted by Crippen LogP contribution is 2.15. The molecular weight excluding hydrogens is 358 g/mol. The Kier molecular flexibility index (Phi) is 4.51. The van der Waals surface area contributed by atoms with Gasteiger partial charge in [-0.1, -0.05) is 48.5 Å². The first-order valence-electron chi connectivity index (χ1n) is 8.52. The summed E-state index contributed by atoms with van der Waals surface area (Å²) < 4.78 is 1.68. The molecule has 0 fully saturated rings. The van der Waals surface area contributed by atoms with Crippen LogP contribution in [0, 0.1) is 10.1 Å². The van der Waals surface area contributed by atoms with E-state index in [2.05, 4.69) is 15.1 Å². The minimum atomic E-state index is -0.455. The van der Waals surface area contributed by atoms with Gasteiger partial charge < -0.3 is 4.98 Å². The highest BCUT2D eigenvalue weighted by Gasteiger charge is 2.08. The molecule has 28 heavy (non-hydrogen) atoms. The Balaban J connectivity index is 1.63. The van der Waals surface area contributed by atoms with Crippen molar-refractivity contribution in [1.29, 1.82) is 0 Å². The van der Waals surface area contributed by atoms with Gasteiger partial charge in [0, 0.05) is 18.3 Å². The third-order valence-electron chi connectivity index (χ3n) is 4.16. The lowest BCUT2D eigenvalue weighted by Gasteiger charge is -1.99. The maximum atomic E-state index is 12.3. The fraction of sp³-hybridized carbons (Fsp3) is 0.0500. The van der Waals surface area contributed by atoms with E-state index in [4.69, 9.17) is 0 Å². The molecule has 8 heteroatoms. The Morgan fingerprint density at radius 2 is 1.93 bits per heavy atom. The van der Waals surface area contributed by atoms with E-state index in [1.54, 1.807) is 35.2 Å². The zero-order valence-corrected chi connectivity index (χ0v) is 14.6. The van der Waals surface area contributed by atoms with Gasteiger partial charge in [-0.05, 0) is 17.2 Å². The molecule has 2 aromatic carbocycles. The molecule has 0 amide bonds. The second-order valence-electron chi connectivity index (χ2n) is 6.19. The van der Waals surface area contributed by atoms with Gasteiger partial charge in [0.25, 0.3) is 11.2 Å². The van der Waals surface area contributed by atoms with Gasteiger partial charge in [-0.25, -0.2) is 4.98 Å². The van der Waals surface area contributed by atoms with Crippen LogP contribution >= 0.6 is 0 Å². The molecule has 8 nitrogen and oxygen atoms in total. The van der Waals surface area contributed by atoms with Crippen LogP contribution in [-0.2, 0) is 6.54 Å². The predicted octanol–water partition coefficient (Wildman–Crippen LogP) is 3.25. The summed E-state index contributed by atoms with van der Waals surface area (Å²) in [5.74, 6) is 0.328. The lowest BCUT2D eigenvalue weighted by molar-refractivity contribution is -0.384. The minimum absolute atomic E-state index is 0.00119. The van der Waals surface area contributed by atoms with Crippen LogP contribution in [0.25, 0.3) is 23.2 Å². The van der Waals surface area contributed by atoms with Crippen LogP contribution < -0.4 is 5.56 Å². The number of non-ortho nitro benzene ring substituents is 1. The van der Waals surface area contributed by atoms with Crippen molar-refractivity contribution in [3.05, 3.63) is 98.2 Å². The molecule has 2 aromatic heterocycles. The van der Waals surface area contributed by atoms with Crippen molar-refractivity contribution in [2.24, 2.45) is 0 Å². The van der Waals surface area contributed by atoms with E-state index in [9.17, 15) is 14.9 Å². The molecule has 0 saturated carbocycles. The van der Waals surface area contributed by atoms with Gasteiger partial charge in [-0.3, -0.25) is 19.6 Å². The highest BCUT2D eigenvalue weighted by molar-refractivity contribution is 5.75. The number of hydrogen-bond donors (Lipinski definition) is 1. The molecule has 0 spiro atoms. The van der Waals surface area contributed by atoms with Gasteiger partial charge in [-0.15, -0.1) is 0 Å². The molecule has 138 valence electrons. The van der Waals surface area contributed by atoms with Crippen LogP contribution in [0.4, 0.5) is 5.69 Å². The molecule has 1 N–H and O–H groups in total. The van der Waals surface area contributed by atoms with Gasteiger partial charge in [-0.2, -0.15) is 5.10 Å². The first-order valence-corrected chi connectivity index (χ1v) is 8.52. The van der Waals surface area contributed by atoms with E-state index >= 15 is 0 Å². The van der Waals surface area contributed by atoms with E-state index in [1.165, 1.54) is 12.1 Å². The smallest absolute Gasteiger partial charge is 0.270 e. The molecule has 0 saturated heterocycles. The normalized spacial score (nSPS) is 11.3. The highest BCUT2D eigenvalue weighted by atomic mass is 16.6. The summed E-state index contributed by atoms with van der Waals surface area (Å²) in [6.45, 7) is 0.537. The fourth-order valence-electron chi connectivity index (χ4n) is 2.83. The van der Waals surface area contributed by atoms with E-state index in [0.717, 1.165) is 5.56 Å². The molecule has 0 unspecified atom stereocenters. The molecule has 0 bridgehead atoms. The quantitative estimate of drug-likeness (QED) is 0.427. The van der Waals surface area contributed by atoms with Crippen molar-refractivity contribution in [1.82, 2.24) is 19.7 Å². The summed E-state index contributed by atoms with van der Waals surface area (Å²) in [4.78, 5) is 29.8. The van der Waals surface area contributed by atoms with Crippen LogP contribution in [-0.4, -0.2) is 24.7 Å². The number of nitro groups is 1. The number of aromatic amines is 1. The third-order valence-corrected chi connectivity index (χ3v) is 4.16. The largest absolute Gasteiger partial charge is 0.306 e. The molecule has 0 radical (unpaired) electrons. The zero-order valence-electron chi connectivity index (χ0n) is 14.6. The number of nitrogens with zero attached hydrogens (tertiary/aromatic N) is 4. The van der Waals surface area contributed by atoms with E-state index in [1.807, 2.05) is 30.3 Å². The van der Waals surface area contributed by atoms with Gasteiger partial charge in [0.1, 0.15) is 11.2 Å². The average Bonchev–Trinajstić information content (AvgIpc) is 3.10. The number of fused-ring (bicyclic) bond motifs is 1. The van der Waals surface area contributed by atoms with Gasteiger partial charge in [0.2, 0.25) is 0 Å². The maximum Gasteiger partial charge on any atom is 0.270 e. The first-order chi connectivity index (χ1) is 13.6. The van der Waals surface area contributed by atoms with Crippen molar-refractivity contribution < 1.29 is 4.92 Å². The summed E-state index contributed by atoms with van der Waals surface area (Å²) in [6, 6.07) is 16.0. The number of benzene rings is 2. The van der Waals surface area contributed by atoms with Gasteiger partial charge in [0.15, 0.2) is 5.65 Å². The average molecular weight is 373 g/mol. The molecule has 4 aromatic rings. The fourth-order valence-corrected chi connectivity index (χ4v) is 2.83. The Morgan fingerprint density at radius 1 is 1.11 bits per heavy atom. The first kappa shape index (κ1) is 17.3. The summed E-state index contributed by atoms with van der Waals surface area (Å²) >= 11 is 0. The van der Waals surface area contributed by atoms with Crippen molar-refractivity contribution in [3.63, 3.8) is 0 Å². The lowest BCUT2D eigenvalue weighted by atomic mass is 10.2. The summed E-state index contributed by atoms with van der Waals surface area (Å²) in [5, 5.41) is 15.7. The molecular formula is C20H15N5O3. The minimum Gasteiger partial charge on any atom is -0.306 e. The monoisotopic (exact) mass is 373 g/mol. The zero-order chi connectivity index (χ0) is 19.5. The molecule has 2 heterocycles. The topological polar surface area (TPSA) is 107 Å². The van der Waals surface area contributed by atoms with Crippen molar-refractivity contribution in [2.75, 3.05) is 0 Å². The van der Waals surface area contributed by atoms with Crippen LogP contribution in [0.15, 0.2) is 65.6 Å². The van der Waals surface area contributed by atoms with Crippen molar-refractivity contribution >= 4 is 28.9 Å². The molecule has 0 aliphatic carbocycles. The van der Waals surface area contributed by atoms with Gasteiger partial charge in [0.05, 0.1) is 11.5 Å². The molecule has 4 rings (SSSR count). The van der Waals surface area contributed by atoms with Crippen LogP contribution in [0.1, 0.15) is 17.0 Å². The van der Waals surface area contributed by atoms with Crippen molar-refractivity contribution in [3.8, 4) is 0 Å². The predicted molar refractivity (Wildman–Crippen MR) is 106 cm³/mol. The lowest BCUT2D eigenvalue weighted by Crippen LogP contribution is -2.08. The number of aromatic nitrogens is 4. The number of nitro benzene ring substituents is 1. The Labute approximate surface area is 158 Å². The number of hydrogen-bond acceptors (Lipinski definition) is 5. The summed E-state index contributed by atoms with van der Waals surface area (Å²) in [7, 11) is 0. The number of rotatable bonds is 5. The number of H-pyrrole nitrogens is 1. The molecule has 0 atom stereocenters. The second kappa shape index (κ2) is 7.28. The number of nitrogens with one attached hydrogen (secondary N) is 1. The van der Waals surface area contributed by atoms with Crippen LogP contribution in [0.3, 0.4) is 0 Å². The van der Waals surface area contributed by atoms with E-state index in [0.29, 0.717) is 29.0 Å². The Morgan fingerprint density at radius 3 is 2.71 bits per heavy atom. The second-order valence-corrected chi connectivity index (χ2v) is 6.19. The summed E-state index contributed by atoms with van der Waals surface area (Å²) in [5.41, 5.74) is 1.75. The van der Waals surface area contributed by atoms with Gasteiger partial charge >= 0.3 is 0 Å². The SMILES string of the molecule is O=c1[nH]c(C=Cc2cccc([N+](=O)[O-])c2)nc2nn(Cc3ccccc3)cc12. The summed E-state index contributed by atoms with van der Waals surface area (Å²) in [6.07, 6.45) is 4.91. The Hall–Kier alpha value is -4.07. The molecule has 0 aliphatic rings. The molecule has 0 aliphatic heterocycles. The van der Waals surface area contributed by atoms with E-state index < -0.39 is 4.92 Å². The van der Waals surface area contributed by atoms with E-state index in [-0.39, 0.29) is 11.2 Å². The van der Waals surface area contributed by atoms with Crippen molar-refractivity contribution in [2.45, 2.75) is 6.54 Å². The standard InChI is InChI=1S/C20H15N5O3/c26-20-17-13-24(12-15-5-2-1-3-6-15)23-19(17)21-18(22-20)10-9-14-7-4-8-16(11-14)25(27)28/h1-11,13H,12H2,(H,21,22,23,26). The third kappa shape index (κ3) is 3.70. The van der Waals surface area contributed by atoms with Crippen LogP contribution in [0.2, 0.25) is 0 Å². The maximum absolute atomic E-state index is 12.3.